The second kappa shape index (κ2) is 11.0. The number of benzene rings is 3. The van der Waals surface area contributed by atoms with Gasteiger partial charge in [0.25, 0.3) is 17.5 Å². The van der Waals surface area contributed by atoms with Gasteiger partial charge in [-0.25, -0.2) is 0 Å². The number of non-ortho nitro benzene ring substituents is 1. The minimum Gasteiger partial charge on any atom is -0.486 e. The van der Waals surface area contributed by atoms with Crippen LogP contribution >= 0.6 is 12.2 Å². The monoisotopic (exact) mass is 541 g/mol. The zero-order chi connectivity index (χ0) is 27.4. The molecule has 0 spiro atoms. The standard InChI is InChI=1S/C28H19N3O7S/c32-26-25(16-23-14-15-24(38-23)17-36-20-10-8-19(9-11-20)31(34)35)27(33)30(28(39)29-26)18-6-12-22(13-7-18)37-21-4-2-1-3-5-21/h1-16H,17H2,(H,29,32,39)/b25-16+. The maximum absolute atomic E-state index is 13.3. The average Bonchev–Trinajstić information content (AvgIpc) is 3.39. The summed E-state index contributed by atoms with van der Waals surface area (Å²) in [6.07, 6.45) is 1.33. The van der Waals surface area contributed by atoms with E-state index < -0.39 is 16.7 Å². The molecule has 2 heterocycles. The van der Waals surface area contributed by atoms with Crippen LogP contribution in [-0.4, -0.2) is 21.9 Å². The van der Waals surface area contributed by atoms with Crippen LogP contribution in [0.3, 0.4) is 0 Å². The van der Waals surface area contributed by atoms with Gasteiger partial charge in [0, 0.05) is 12.1 Å². The number of thiocarbonyl (C=S) groups is 1. The summed E-state index contributed by atoms with van der Waals surface area (Å²) < 4.78 is 17.1. The van der Waals surface area contributed by atoms with Gasteiger partial charge in [-0.2, -0.15) is 0 Å². The van der Waals surface area contributed by atoms with E-state index in [0.717, 1.165) is 0 Å². The highest BCUT2D eigenvalue weighted by molar-refractivity contribution is 7.80. The van der Waals surface area contributed by atoms with Crippen molar-refractivity contribution in [1.82, 2.24) is 5.32 Å². The number of hydrogen-bond acceptors (Lipinski definition) is 8. The topological polar surface area (TPSA) is 124 Å². The number of furan rings is 1. The van der Waals surface area contributed by atoms with Crippen LogP contribution in [0, 0.1) is 10.1 Å². The highest BCUT2D eigenvalue weighted by Gasteiger charge is 2.34. The lowest BCUT2D eigenvalue weighted by molar-refractivity contribution is -0.384. The molecule has 4 aromatic rings. The minimum atomic E-state index is -0.648. The quantitative estimate of drug-likeness (QED) is 0.104. The van der Waals surface area contributed by atoms with E-state index in [1.54, 1.807) is 36.4 Å². The second-order valence-electron chi connectivity index (χ2n) is 8.21. The molecular formula is C28H19N3O7S. The number of nitrogens with zero attached hydrogens (tertiary/aromatic N) is 2. The lowest BCUT2D eigenvalue weighted by Crippen LogP contribution is -2.54. The Morgan fingerprint density at radius 2 is 1.56 bits per heavy atom. The van der Waals surface area contributed by atoms with E-state index in [4.69, 9.17) is 26.1 Å². The Morgan fingerprint density at radius 1 is 0.897 bits per heavy atom. The first-order valence-corrected chi connectivity index (χ1v) is 12.0. The molecule has 0 unspecified atom stereocenters. The van der Waals surface area contributed by atoms with Gasteiger partial charge in [0.1, 0.15) is 40.9 Å². The van der Waals surface area contributed by atoms with Crippen molar-refractivity contribution in [2.45, 2.75) is 6.61 Å². The molecule has 0 aliphatic carbocycles. The number of hydrogen-bond donors (Lipinski definition) is 1. The summed E-state index contributed by atoms with van der Waals surface area (Å²) in [4.78, 5) is 37.4. The summed E-state index contributed by atoms with van der Waals surface area (Å²) in [6.45, 7) is 0.0364. The third-order valence-electron chi connectivity index (χ3n) is 5.57. The summed E-state index contributed by atoms with van der Waals surface area (Å²) in [5.74, 6) is 1.08. The Labute approximate surface area is 227 Å². The highest BCUT2D eigenvalue weighted by atomic mass is 32.1. The molecule has 1 saturated heterocycles. The predicted octanol–water partition coefficient (Wildman–Crippen LogP) is 5.39. The Bertz CT molecular complexity index is 1580. The van der Waals surface area contributed by atoms with Gasteiger partial charge >= 0.3 is 0 Å². The van der Waals surface area contributed by atoms with E-state index in [0.29, 0.717) is 28.7 Å². The lowest BCUT2D eigenvalue weighted by Gasteiger charge is -2.28. The maximum atomic E-state index is 13.3. The molecule has 39 heavy (non-hydrogen) atoms. The van der Waals surface area contributed by atoms with Gasteiger partial charge in [-0.3, -0.25) is 29.9 Å². The van der Waals surface area contributed by atoms with Crippen LogP contribution in [-0.2, 0) is 16.2 Å². The molecule has 1 aromatic heterocycles. The van der Waals surface area contributed by atoms with Gasteiger partial charge in [-0.05, 0) is 79.0 Å². The average molecular weight is 542 g/mol. The van der Waals surface area contributed by atoms with Crippen LogP contribution in [0.4, 0.5) is 11.4 Å². The zero-order valence-electron chi connectivity index (χ0n) is 20.1. The Morgan fingerprint density at radius 3 is 2.26 bits per heavy atom. The van der Waals surface area contributed by atoms with Gasteiger partial charge in [0.05, 0.1) is 10.6 Å². The van der Waals surface area contributed by atoms with Crippen LogP contribution in [0.5, 0.6) is 17.2 Å². The van der Waals surface area contributed by atoms with Gasteiger partial charge in [0.15, 0.2) is 5.11 Å². The highest BCUT2D eigenvalue weighted by Crippen LogP contribution is 2.27. The summed E-state index contributed by atoms with van der Waals surface area (Å²) in [6, 6.07) is 24.8. The molecule has 194 valence electrons. The van der Waals surface area contributed by atoms with Crippen LogP contribution in [0.25, 0.3) is 6.08 Å². The molecule has 2 amide bonds. The van der Waals surface area contributed by atoms with Crippen molar-refractivity contribution in [2.24, 2.45) is 0 Å². The number of nitro benzene ring substituents is 1. The number of nitro groups is 1. The summed E-state index contributed by atoms with van der Waals surface area (Å²) in [7, 11) is 0. The predicted molar refractivity (Wildman–Crippen MR) is 145 cm³/mol. The number of nitrogens with one attached hydrogen (secondary N) is 1. The zero-order valence-corrected chi connectivity index (χ0v) is 20.9. The van der Waals surface area contributed by atoms with Crippen molar-refractivity contribution in [3.63, 3.8) is 0 Å². The van der Waals surface area contributed by atoms with E-state index in [-0.39, 0.29) is 28.7 Å². The summed E-state index contributed by atoms with van der Waals surface area (Å²) >= 11 is 5.26. The molecule has 1 fully saturated rings. The molecule has 0 radical (unpaired) electrons. The van der Waals surface area contributed by atoms with E-state index in [2.05, 4.69) is 5.32 Å². The fourth-order valence-electron chi connectivity index (χ4n) is 3.69. The van der Waals surface area contributed by atoms with Crippen molar-refractivity contribution in [3.8, 4) is 17.2 Å². The molecule has 11 heteroatoms. The summed E-state index contributed by atoms with van der Waals surface area (Å²) in [5, 5.41) is 13.3. The number of rotatable bonds is 8. The number of carbonyl (C=O) groups is 2. The Hall–Kier alpha value is -5.29. The first kappa shape index (κ1) is 25.4. The molecule has 0 atom stereocenters. The SMILES string of the molecule is O=C1NC(=S)N(c2ccc(Oc3ccccc3)cc2)C(=O)/C1=C/c1ccc(COc2ccc([N+](=O)[O-])cc2)o1. The third kappa shape index (κ3) is 5.84. The smallest absolute Gasteiger partial charge is 0.270 e. The molecule has 1 aliphatic heterocycles. The molecule has 0 saturated carbocycles. The number of carbonyl (C=O) groups excluding carboxylic acids is 2. The molecule has 1 N–H and O–H groups in total. The normalized spacial score (nSPS) is 14.3. The minimum absolute atomic E-state index is 0.0364. The maximum Gasteiger partial charge on any atom is 0.270 e. The summed E-state index contributed by atoms with van der Waals surface area (Å²) in [5.41, 5.74) is 0.244. The van der Waals surface area contributed by atoms with E-state index in [1.165, 1.54) is 35.2 Å². The van der Waals surface area contributed by atoms with Crippen molar-refractivity contribution in [1.29, 1.82) is 0 Å². The Kier molecular flexibility index (Phi) is 7.15. The van der Waals surface area contributed by atoms with E-state index in [1.807, 2.05) is 30.3 Å². The number of para-hydroxylation sites is 1. The molecular weight excluding hydrogens is 522 g/mol. The first-order valence-electron chi connectivity index (χ1n) is 11.6. The van der Waals surface area contributed by atoms with E-state index >= 15 is 0 Å². The van der Waals surface area contributed by atoms with Crippen molar-refractivity contribution in [2.75, 3.05) is 4.90 Å². The van der Waals surface area contributed by atoms with Crippen molar-refractivity contribution in [3.05, 3.63) is 118 Å². The van der Waals surface area contributed by atoms with Crippen molar-refractivity contribution < 1.29 is 28.4 Å². The fourth-order valence-corrected chi connectivity index (χ4v) is 3.97. The molecule has 1 aliphatic rings. The fraction of sp³-hybridized carbons (Fsp3) is 0.0357. The second-order valence-corrected chi connectivity index (χ2v) is 8.60. The first-order chi connectivity index (χ1) is 18.9. The van der Waals surface area contributed by atoms with Gasteiger partial charge < -0.3 is 13.9 Å². The molecule has 10 nitrogen and oxygen atoms in total. The van der Waals surface area contributed by atoms with Gasteiger partial charge in [-0.15, -0.1) is 0 Å². The number of ether oxygens (including phenoxy) is 2. The van der Waals surface area contributed by atoms with Crippen LogP contribution in [0.1, 0.15) is 11.5 Å². The van der Waals surface area contributed by atoms with Crippen LogP contribution < -0.4 is 19.7 Å². The van der Waals surface area contributed by atoms with Crippen molar-refractivity contribution >= 4 is 46.6 Å². The largest absolute Gasteiger partial charge is 0.486 e. The van der Waals surface area contributed by atoms with Gasteiger partial charge in [-0.1, -0.05) is 18.2 Å². The number of anilines is 1. The molecule has 3 aromatic carbocycles. The van der Waals surface area contributed by atoms with Crippen LogP contribution in [0.2, 0.25) is 0 Å². The van der Waals surface area contributed by atoms with E-state index in [9.17, 15) is 19.7 Å². The van der Waals surface area contributed by atoms with Crippen LogP contribution in [0.15, 0.2) is 101 Å². The third-order valence-corrected chi connectivity index (χ3v) is 5.86. The molecule has 0 bridgehead atoms. The molecule has 5 rings (SSSR count). The Balaban J connectivity index is 1.28. The van der Waals surface area contributed by atoms with Gasteiger partial charge in [0.2, 0.25) is 0 Å². The lowest BCUT2D eigenvalue weighted by atomic mass is 10.1. The number of amides is 2.